The second kappa shape index (κ2) is 4.95. The summed E-state index contributed by atoms with van der Waals surface area (Å²) < 4.78 is 56.2. The summed E-state index contributed by atoms with van der Waals surface area (Å²) in [5.74, 6) is -2.32. The maximum atomic E-state index is 13.3. The third-order valence-electron chi connectivity index (χ3n) is 4.81. The first-order chi connectivity index (χ1) is 11.8. The summed E-state index contributed by atoms with van der Waals surface area (Å²) in [6.07, 6.45) is -2.17. The number of carbonyl (C=O) groups excluding carboxylic acids is 1. The number of likely N-dealkylation sites (N-methyl/N-ethyl adjacent to an activating group) is 1. The summed E-state index contributed by atoms with van der Waals surface area (Å²) >= 11 is 0. The van der Waals surface area contributed by atoms with Gasteiger partial charge in [0.15, 0.2) is 5.60 Å². The summed E-state index contributed by atoms with van der Waals surface area (Å²) in [5, 5.41) is 5.07. The van der Waals surface area contributed by atoms with E-state index in [2.05, 4.69) is 5.10 Å². The molecular formula is C16H15F3N2O4. The number of nitrogens with zero attached hydrogens (tertiary/aromatic N) is 2. The number of halogens is 3. The number of ether oxygens (including phenoxy) is 3. The second-order valence-corrected chi connectivity index (χ2v) is 6.15. The van der Waals surface area contributed by atoms with Crippen LogP contribution in [0.5, 0.6) is 5.75 Å². The zero-order valence-corrected chi connectivity index (χ0v) is 13.5. The van der Waals surface area contributed by atoms with Gasteiger partial charge in [0.2, 0.25) is 0 Å². The van der Waals surface area contributed by atoms with Crippen LogP contribution < -0.4 is 4.74 Å². The van der Waals surface area contributed by atoms with Crippen LogP contribution in [0.15, 0.2) is 17.2 Å². The average molecular weight is 356 g/mol. The van der Waals surface area contributed by atoms with E-state index in [0.717, 1.165) is 11.1 Å². The van der Waals surface area contributed by atoms with Gasteiger partial charge in [0.1, 0.15) is 5.75 Å². The Morgan fingerprint density at radius 1 is 1.36 bits per heavy atom. The highest BCUT2D eigenvalue weighted by Gasteiger charge is 2.79. The van der Waals surface area contributed by atoms with Crippen molar-refractivity contribution in [2.24, 2.45) is 5.10 Å². The number of benzene rings is 1. The molecule has 9 heteroatoms. The molecule has 1 amide bonds. The van der Waals surface area contributed by atoms with Crippen LogP contribution in [0.3, 0.4) is 0 Å². The van der Waals surface area contributed by atoms with Crippen LogP contribution >= 0.6 is 0 Å². The minimum absolute atomic E-state index is 0.203. The third-order valence-corrected chi connectivity index (χ3v) is 4.81. The van der Waals surface area contributed by atoms with E-state index in [0.29, 0.717) is 24.0 Å². The van der Waals surface area contributed by atoms with Crippen molar-refractivity contribution in [1.29, 1.82) is 0 Å². The molecule has 0 radical (unpaired) electrons. The highest BCUT2D eigenvalue weighted by molar-refractivity contribution is 5.99. The predicted octanol–water partition coefficient (Wildman–Crippen LogP) is 2.06. The monoisotopic (exact) mass is 356 g/mol. The molecule has 6 nitrogen and oxygen atoms in total. The van der Waals surface area contributed by atoms with Gasteiger partial charge in [0, 0.05) is 25.3 Å². The number of hydrogen-bond acceptors (Lipinski definition) is 5. The van der Waals surface area contributed by atoms with Crippen molar-refractivity contribution in [3.05, 3.63) is 28.8 Å². The number of hydrazone groups is 1. The number of fused-ring (bicyclic) bond motifs is 2. The first kappa shape index (κ1) is 16.3. The van der Waals surface area contributed by atoms with Crippen LogP contribution in [0, 0.1) is 0 Å². The molecule has 0 aliphatic carbocycles. The first-order valence-electron chi connectivity index (χ1n) is 7.72. The fraction of sp³-hybridized carbons (Fsp3) is 0.500. The topological polar surface area (TPSA) is 63.7 Å². The largest absolute Gasteiger partial charge is 0.493 e. The van der Waals surface area contributed by atoms with Gasteiger partial charge in [-0.1, -0.05) is 6.07 Å². The molecule has 0 bridgehead atoms. The smallest absolute Gasteiger partial charge is 0.419 e. The quantitative estimate of drug-likeness (QED) is 0.761. The fourth-order valence-corrected chi connectivity index (χ4v) is 3.57. The molecular weight excluding hydrogens is 341 g/mol. The van der Waals surface area contributed by atoms with Crippen LogP contribution in [0.25, 0.3) is 0 Å². The van der Waals surface area contributed by atoms with E-state index in [-0.39, 0.29) is 12.4 Å². The molecule has 3 aliphatic rings. The molecule has 1 fully saturated rings. The maximum Gasteiger partial charge on any atom is 0.419 e. The van der Waals surface area contributed by atoms with E-state index in [1.807, 2.05) is 0 Å². The minimum Gasteiger partial charge on any atom is -0.493 e. The van der Waals surface area contributed by atoms with Crippen molar-refractivity contribution in [2.45, 2.75) is 30.4 Å². The van der Waals surface area contributed by atoms with E-state index < -0.39 is 29.0 Å². The van der Waals surface area contributed by atoms with E-state index in [1.54, 1.807) is 0 Å². The zero-order chi connectivity index (χ0) is 18.0. The second-order valence-electron chi connectivity index (χ2n) is 6.15. The zero-order valence-electron chi connectivity index (χ0n) is 13.5. The number of epoxide rings is 1. The number of amides is 1. The Hall–Kier alpha value is -2.13. The summed E-state index contributed by atoms with van der Waals surface area (Å²) in [4.78, 5) is 12.4. The Labute approximate surface area is 141 Å². The first-order valence-corrected chi connectivity index (χ1v) is 7.72. The van der Waals surface area contributed by atoms with E-state index in [4.69, 9.17) is 14.2 Å². The minimum atomic E-state index is -4.53. The van der Waals surface area contributed by atoms with Gasteiger partial charge in [-0.2, -0.15) is 18.3 Å². The highest BCUT2D eigenvalue weighted by Crippen LogP contribution is 2.60. The molecule has 1 aromatic rings. The van der Waals surface area contributed by atoms with Crippen LogP contribution in [-0.2, 0) is 32.5 Å². The Morgan fingerprint density at radius 3 is 2.80 bits per heavy atom. The molecule has 0 spiro atoms. The normalized spacial score (nSPS) is 30.6. The number of rotatable bonds is 2. The Balaban J connectivity index is 1.91. The number of carbonyl (C=O) groups is 1. The molecule has 0 aromatic heterocycles. The average Bonchev–Trinajstić information content (AvgIpc) is 3.28. The predicted molar refractivity (Wildman–Crippen MR) is 79.0 cm³/mol. The summed E-state index contributed by atoms with van der Waals surface area (Å²) in [6, 6.07) is 2.27. The Bertz CT molecular complexity index is 794. The van der Waals surface area contributed by atoms with Crippen molar-refractivity contribution in [2.75, 3.05) is 20.8 Å². The molecule has 25 heavy (non-hydrogen) atoms. The van der Waals surface area contributed by atoms with Gasteiger partial charge in [-0.15, -0.1) is 0 Å². The van der Waals surface area contributed by atoms with Gasteiger partial charge >= 0.3 is 12.1 Å². The molecule has 3 aliphatic heterocycles. The van der Waals surface area contributed by atoms with Crippen molar-refractivity contribution in [1.82, 2.24) is 5.01 Å². The SMILES string of the molecule is COC12OC1(c1ccc(C(F)(F)F)c3c1CCCO3)C=NN(C)C2=O. The van der Waals surface area contributed by atoms with E-state index >= 15 is 0 Å². The van der Waals surface area contributed by atoms with Gasteiger partial charge in [-0.05, 0) is 18.9 Å². The van der Waals surface area contributed by atoms with Crippen molar-refractivity contribution >= 4 is 12.1 Å². The molecule has 0 saturated carbocycles. The lowest BCUT2D eigenvalue weighted by atomic mass is 9.85. The number of hydrogen-bond donors (Lipinski definition) is 0. The lowest BCUT2D eigenvalue weighted by Gasteiger charge is -2.28. The molecule has 0 N–H and O–H groups in total. The molecule has 1 saturated heterocycles. The van der Waals surface area contributed by atoms with Gasteiger partial charge < -0.3 is 14.2 Å². The van der Waals surface area contributed by atoms with Crippen molar-refractivity contribution in [3.8, 4) is 5.75 Å². The standard InChI is InChI=1S/C16H15F3N2O4/c1-21-13(22)15(23-2)14(25-15,8-20-21)10-5-6-11(16(17,18)19)12-9(10)4-3-7-24-12/h5-6,8H,3-4,7H2,1-2H3. The van der Waals surface area contributed by atoms with Crippen molar-refractivity contribution in [3.63, 3.8) is 0 Å². The maximum absolute atomic E-state index is 13.3. The highest BCUT2D eigenvalue weighted by atomic mass is 19.4. The van der Waals surface area contributed by atoms with Crippen LogP contribution in [-0.4, -0.2) is 43.7 Å². The molecule has 3 heterocycles. The van der Waals surface area contributed by atoms with Gasteiger partial charge in [-0.25, -0.2) is 5.01 Å². The van der Waals surface area contributed by atoms with E-state index in [1.165, 1.54) is 26.4 Å². The molecule has 134 valence electrons. The molecule has 2 atom stereocenters. The van der Waals surface area contributed by atoms with Crippen LogP contribution in [0.1, 0.15) is 23.1 Å². The third kappa shape index (κ3) is 1.99. The van der Waals surface area contributed by atoms with Gasteiger partial charge in [-0.3, -0.25) is 4.79 Å². The summed E-state index contributed by atoms with van der Waals surface area (Å²) in [5.41, 5.74) is -1.37. The van der Waals surface area contributed by atoms with Crippen LogP contribution in [0.4, 0.5) is 13.2 Å². The van der Waals surface area contributed by atoms with E-state index in [9.17, 15) is 18.0 Å². The summed E-state index contributed by atoms with van der Waals surface area (Å²) in [6.45, 7) is 0.207. The van der Waals surface area contributed by atoms with Crippen LogP contribution in [0.2, 0.25) is 0 Å². The fourth-order valence-electron chi connectivity index (χ4n) is 3.57. The summed E-state index contributed by atoms with van der Waals surface area (Å²) in [7, 11) is 2.77. The molecule has 1 aromatic carbocycles. The lowest BCUT2D eigenvalue weighted by molar-refractivity contribution is -0.153. The number of alkyl halides is 3. The van der Waals surface area contributed by atoms with Crippen molar-refractivity contribution < 1.29 is 32.2 Å². The molecule has 2 unspecified atom stereocenters. The molecule has 4 rings (SSSR count). The Kier molecular flexibility index (Phi) is 3.24. The lowest BCUT2D eigenvalue weighted by Crippen LogP contribution is -2.46. The number of methoxy groups -OCH3 is 1. The Morgan fingerprint density at radius 2 is 2.12 bits per heavy atom. The van der Waals surface area contributed by atoms with Gasteiger partial charge in [0.05, 0.1) is 18.4 Å². The van der Waals surface area contributed by atoms with Gasteiger partial charge in [0.25, 0.3) is 5.79 Å².